The molecule has 2 aromatic carbocycles. The summed E-state index contributed by atoms with van der Waals surface area (Å²) in [7, 11) is 1.93. The number of aryl methyl sites for hydroxylation is 1. The summed E-state index contributed by atoms with van der Waals surface area (Å²) in [5.41, 5.74) is 4.56. The molecule has 1 amide bonds. The number of hydrogen-bond acceptors (Lipinski definition) is 2. The molecule has 0 aliphatic rings. The van der Waals surface area contributed by atoms with Crippen molar-refractivity contribution < 1.29 is 4.79 Å². The van der Waals surface area contributed by atoms with Crippen LogP contribution in [0.4, 0.5) is 11.4 Å². The number of carbonyl (C=O) groups is 1. The Morgan fingerprint density at radius 1 is 1.00 bits per heavy atom. The van der Waals surface area contributed by atoms with Crippen LogP contribution in [0.2, 0.25) is 0 Å². The first-order chi connectivity index (χ1) is 10.1. The maximum absolute atomic E-state index is 9.97. The van der Waals surface area contributed by atoms with E-state index in [1.165, 1.54) is 11.3 Å². The second kappa shape index (κ2) is 8.80. The predicted octanol–water partition coefficient (Wildman–Crippen LogP) is 4.42. The smallest absolute Gasteiger partial charge is 0.211 e. The predicted molar refractivity (Wildman–Crippen MR) is 90.9 cm³/mol. The fourth-order valence-corrected chi connectivity index (χ4v) is 1.84. The van der Waals surface area contributed by atoms with Crippen molar-refractivity contribution >= 4 is 17.8 Å². The van der Waals surface area contributed by atoms with Crippen molar-refractivity contribution in [2.45, 2.75) is 26.7 Å². The van der Waals surface area contributed by atoms with Gasteiger partial charge >= 0.3 is 0 Å². The number of nitrogens with one attached hydrogen (secondary N) is 2. The van der Waals surface area contributed by atoms with Gasteiger partial charge in [-0.2, -0.15) is 0 Å². The van der Waals surface area contributed by atoms with Crippen LogP contribution in [0.5, 0.6) is 0 Å². The molecule has 0 saturated carbocycles. The van der Waals surface area contributed by atoms with Gasteiger partial charge in [-0.3, -0.25) is 4.79 Å². The van der Waals surface area contributed by atoms with E-state index in [2.05, 4.69) is 48.7 Å². The summed E-state index contributed by atoms with van der Waals surface area (Å²) in [6, 6.07) is 16.2. The number of amides is 1. The van der Waals surface area contributed by atoms with Crippen LogP contribution in [0.25, 0.3) is 0 Å². The largest absolute Gasteiger partial charge is 0.388 e. The van der Waals surface area contributed by atoms with Gasteiger partial charge in [-0.15, -0.1) is 0 Å². The molecule has 0 aliphatic carbocycles. The molecule has 112 valence electrons. The van der Waals surface area contributed by atoms with Crippen molar-refractivity contribution in [3.05, 3.63) is 59.7 Å². The van der Waals surface area contributed by atoms with Gasteiger partial charge in [-0.25, -0.2) is 0 Å². The number of rotatable bonds is 4. The van der Waals surface area contributed by atoms with Crippen LogP contribution >= 0.6 is 0 Å². The molecule has 0 unspecified atom stereocenters. The summed E-state index contributed by atoms with van der Waals surface area (Å²) in [4.78, 5) is 9.97. The first-order valence-electron chi connectivity index (χ1n) is 7.11. The first-order valence-corrected chi connectivity index (χ1v) is 7.11. The summed E-state index contributed by atoms with van der Waals surface area (Å²) in [5.74, 6) is 0.626. The Morgan fingerprint density at radius 2 is 1.67 bits per heavy atom. The van der Waals surface area contributed by atoms with Crippen LogP contribution < -0.4 is 10.6 Å². The lowest BCUT2D eigenvalue weighted by molar-refractivity contribution is -0.105. The zero-order chi connectivity index (χ0) is 15.7. The fraction of sp³-hybridized carbons (Fsp3) is 0.278. The van der Waals surface area contributed by atoms with E-state index in [4.69, 9.17) is 0 Å². The monoisotopic (exact) mass is 284 g/mol. The van der Waals surface area contributed by atoms with Crippen molar-refractivity contribution in [3.63, 3.8) is 0 Å². The molecule has 3 nitrogen and oxygen atoms in total. The van der Waals surface area contributed by atoms with Crippen LogP contribution in [-0.4, -0.2) is 13.5 Å². The van der Waals surface area contributed by atoms with Gasteiger partial charge < -0.3 is 10.6 Å². The average molecular weight is 284 g/mol. The standard InChI is InChI=1S/C10H15N.C8H9NO/c1-8(2)9-4-6-10(11-3)7-5-9;1-7-3-2-4-8(5-7)9-6-10/h4-8,11H,1-3H3;2-6H,1H3,(H,9,10). The average Bonchev–Trinajstić information content (AvgIpc) is 2.48. The third-order valence-corrected chi connectivity index (χ3v) is 3.11. The summed E-state index contributed by atoms with van der Waals surface area (Å²) >= 11 is 0. The fourth-order valence-electron chi connectivity index (χ4n) is 1.84. The first kappa shape index (κ1) is 16.8. The molecule has 0 aromatic heterocycles. The molecule has 2 aromatic rings. The van der Waals surface area contributed by atoms with Crippen LogP contribution in [0.1, 0.15) is 30.9 Å². The van der Waals surface area contributed by atoms with Crippen molar-refractivity contribution in [2.24, 2.45) is 0 Å². The molecular formula is C18H24N2O. The van der Waals surface area contributed by atoms with Gasteiger partial charge in [0.05, 0.1) is 0 Å². The Hall–Kier alpha value is -2.29. The van der Waals surface area contributed by atoms with Gasteiger partial charge in [0, 0.05) is 18.4 Å². The SMILES string of the molecule is CNc1ccc(C(C)C)cc1.Cc1cccc(NC=O)c1. The highest BCUT2D eigenvalue weighted by molar-refractivity contribution is 5.71. The number of carbonyl (C=O) groups excluding carboxylic acids is 1. The Bertz CT molecular complexity index is 547. The van der Waals surface area contributed by atoms with E-state index in [0.717, 1.165) is 11.3 Å². The van der Waals surface area contributed by atoms with E-state index in [-0.39, 0.29) is 0 Å². The molecule has 0 aliphatic heterocycles. The Kier molecular flexibility index (Phi) is 7.02. The molecule has 21 heavy (non-hydrogen) atoms. The van der Waals surface area contributed by atoms with E-state index in [1.54, 1.807) is 0 Å². The molecule has 2 rings (SSSR count). The van der Waals surface area contributed by atoms with Crippen molar-refractivity contribution in [2.75, 3.05) is 17.7 Å². The quantitative estimate of drug-likeness (QED) is 0.816. The maximum atomic E-state index is 9.97. The summed E-state index contributed by atoms with van der Waals surface area (Å²) in [6.07, 6.45) is 0.675. The van der Waals surface area contributed by atoms with Crippen molar-refractivity contribution in [1.82, 2.24) is 0 Å². The van der Waals surface area contributed by atoms with Gasteiger partial charge in [0.1, 0.15) is 0 Å². The number of benzene rings is 2. The maximum Gasteiger partial charge on any atom is 0.211 e. The molecular weight excluding hydrogens is 260 g/mol. The topological polar surface area (TPSA) is 41.1 Å². The lowest BCUT2D eigenvalue weighted by Crippen LogP contribution is -1.92. The molecule has 2 N–H and O–H groups in total. The van der Waals surface area contributed by atoms with E-state index >= 15 is 0 Å². The second-order valence-electron chi connectivity index (χ2n) is 5.16. The van der Waals surface area contributed by atoms with Crippen molar-refractivity contribution in [1.29, 1.82) is 0 Å². The molecule has 0 spiro atoms. The van der Waals surface area contributed by atoms with Gasteiger partial charge in [0.25, 0.3) is 0 Å². The summed E-state index contributed by atoms with van der Waals surface area (Å²) in [6.45, 7) is 6.39. The zero-order valence-electron chi connectivity index (χ0n) is 13.2. The van der Waals surface area contributed by atoms with Crippen LogP contribution in [0, 0.1) is 6.92 Å². The molecule has 0 heterocycles. The minimum atomic E-state index is 0.626. The summed E-state index contributed by atoms with van der Waals surface area (Å²) in [5, 5.41) is 5.66. The minimum Gasteiger partial charge on any atom is -0.388 e. The third kappa shape index (κ3) is 6.13. The lowest BCUT2D eigenvalue weighted by atomic mass is 10.0. The molecule has 0 fully saturated rings. The lowest BCUT2D eigenvalue weighted by Gasteiger charge is -2.05. The molecule has 0 radical (unpaired) electrons. The van der Waals surface area contributed by atoms with Crippen LogP contribution in [-0.2, 0) is 4.79 Å². The highest BCUT2D eigenvalue weighted by Crippen LogP contribution is 2.16. The number of anilines is 2. The Balaban J connectivity index is 0.000000211. The zero-order valence-corrected chi connectivity index (χ0v) is 13.2. The molecule has 0 saturated heterocycles. The van der Waals surface area contributed by atoms with E-state index < -0.39 is 0 Å². The normalized spacial score (nSPS) is 9.57. The second-order valence-corrected chi connectivity index (χ2v) is 5.16. The summed E-state index contributed by atoms with van der Waals surface area (Å²) < 4.78 is 0. The Morgan fingerprint density at radius 3 is 2.14 bits per heavy atom. The van der Waals surface area contributed by atoms with Gasteiger partial charge in [0.2, 0.25) is 6.41 Å². The molecule has 3 heteroatoms. The van der Waals surface area contributed by atoms with Gasteiger partial charge in [0.15, 0.2) is 0 Å². The number of hydrogen-bond donors (Lipinski definition) is 2. The van der Waals surface area contributed by atoms with Crippen molar-refractivity contribution in [3.8, 4) is 0 Å². The molecule has 0 atom stereocenters. The highest BCUT2D eigenvalue weighted by atomic mass is 16.1. The van der Waals surface area contributed by atoms with Gasteiger partial charge in [-0.05, 0) is 48.2 Å². The van der Waals surface area contributed by atoms with E-state index in [0.29, 0.717) is 12.3 Å². The van der Waals surface area contributed by atoms with Gasteiger partial charge in [-0.1, -0.05) is 38.1 Å². The highest BCUT2D eigenvalue weighted by Gasteiger charge is 1.96. The molecule has 0 bridgehead atoms. The third-order valence-electron chi connectivity index (χ3n) is 3.11. The van der Waals surface area contributed by atoms with E-state index in [1.807, 2.05) is 38.2 Å². The van der Waals surface area contributed by atoms with Crippen LogP contribution in [0.3, 0.4) is 0 Å². The van der Waals surface area contributed by atoms with Crippen LogP contribution in [0.15, 0.2) is 48.5 Å². The Labute approximate surface area is 127 Å². The minimum absolute atomic E-state index is 0.626. The van der Waals surface area contributed by atoms with E-state index in [9.17, 15) is 4.79 Å².